The van der Waals surface area contributed by atoms with Crippen LogP contribution < -0.4 is 5.32 Å². The molecule has 186 valence electrons. The second-order valence-electron chi connectivity index (χ2n) is 7.97. The average Bonchev–Trinajstić information content (AvgIpc) is 2.78. The predicted molar refractivity (Wildman–Crippen MR) is 136 cm³/mol. The first-order chi connectivity index (χ1) is 15.9. The molecule has 0 fully saturated rings. The van der Waals surface area contributed by atoms with Crippen LogP contribution in [0.3, 0.4) is 0 Å². The standard InChI is InChI=1S/C23H28Cl3N3O4S/c1-5-15(2)27-23(31)16(3)29(13-17-6-7-19(25)12-21(17)26)22(30)14-28(4)34(32,33)20-10-8-18(24)9-11-20/h6-12,15-16H,5,13-14H2,1-4H3,(H,27,31)/t15-,16-/m1/s1. The summed E-state index contributed by atoms with van der Waals surface area (Å²) >= 11 is 18.1. The van der Waals surface area contributed by atoms with Crippen LogP contribution in [0.2, 0.25) is 15.1 Å². The smallest absolute Gasteiger partial charge is 0.243 e. The molecule has 2 aromatic carbocycles. The molecule has 0 aliphatic carbocycles. The fraction of sp³-hybridized carbons (Fsp3) is 0.391. The highest BCUT2D eigenvalue weighted by Gasteiger charge is 2.31. The van der Waals surface area contributed by atoms with Gasteiger partial charge < -0.3 is 10.2 Å². The number of carbonyl (C=O) groups excluding carboxylic acids is 2. The molecule has 11 heteroatoms. The van der Waals surface area contributed by atoms with Crippen molar-refractivity contribution in [2.24, 2.45) is 0 Å². The second-order valence-corrected chi connectivity index (χ2v) is 11.3. The van der Waals surface area contributed by atoms with Crippen LogP contribution in [0.15, 0.2) is 47.4 Å². The average molecular weight is 549 g/mol. The van der Waals surface area contributed by atoms with Crippen LogP contribution in [0.1, 0.15) is 32.8 Å². The Hall–Kier alpha value is -1.84. The van der Waals surface area contributed by atoms with Crippen molar-refractivity contribution < 1.29 is 18.0 Å². The second kappa shape index (κ2) is 12.2. The summed E-state index contributed by atoms with van der Waals surface area (Å²) in [6, 6.07) is 9.53. The molecule has 0 aromatic heterocycles. The first-order valence-electron chi connectivity index (χ1n) is 10.6. The maximum Gasteiger partial charge on any atom is 0.243 e. The van der Waals surface area contributed by atoms with Gasteiger partial charge in [0.05, 0.1) is 11.4 Å². The number of sulfonamides is 1. The van der Waals surface area contributed by atoms with E-state index in [4.69, 9.17) is 34.8 Å². The van der Waals surface area contributed by atoms with E-state index < -0.39 is 28.5 Å². The summed E-state index contributed by atoms with van der Waals surface area (Å²) < 4.78 is 26.8. The van der Waals surface area contributed by atoms with Crippen molar-refractivity contribution in [1.29, 1.82) is 0 Å². The zero-order valence-electron chi connectivity index (χ0n) is 19.4. The third-order valence-corrected chi connectivity index (χ3v) is 8.06. The number of hydrogen-bond donors (Lipinski definition) is 1. The van der Waals surface area contributed by atoms with Gasteiger partial charge in [-0.2, -0.15) is 4.31 Å². The van der Waals surface area contributed by atoms with E-state index in [2.05, 4.69) is 5.32 Å². The van der Waals surface area contributed by atoms with Gasteiger partial charge >= 0.3 is 0 Å². The first kappa shape index (κ1) is 28.4. The van der Waals surface area contributed by atoms with Crippen molar-refractivity contribution >= 4 is 56.6 Å². The van der Waals surface area contributed by atoms with Crippen LogP contribution in [0, 0.1) is 0 Å². The molecule has 0 saturated heterocycles. The van der Waals surface area contributed by atoms with Gasteiger partial charge in [-0.25, -0.2) is 8.42 Å². The molecule has 0 unspecified atom stereocenters. The van der Waals surface area contributed by atoms with Crippen LogP contribution in [-0.4, -0.2) is 55.1 Å². The number of nitrogens with zero attached hydrogens (tertiary/aromatic N) is 2. The first-order valence-corrected chi connectivity index (χ1v) is 13.2. The minimum atomic E-state index is -3.96. The highest BCUT2D eigenvalue weighted by molar-refractivity contribution is 7.89. The van der Waals surface area contributed by atoms with Gasteiger partial charge in [0.2, 0.25) is 21.8 Å². The molecule has 2 aromatic rings. The Balaban J connectivity index is 2.31. The highest BCUT2D eigenvalue weighted by Crippen LogP contribution is 2.24. The normalized spacial score (nSPS) is 13.4. The van der Waals surface area contributed by atoms with E-state index in [1.165, 1.54) is 36.2 Å². The number of amides is 2. The number of benzene rings is 2. The van der Waals surface area contributed by atoms with Crippen LogP contribution in [0.25, 0.3) is 0 Å². The number of likely N-dealkylation sites (N-methyl/N-ethyl adjacent to an activating group) is 1. The molecule has 2 rings (SSSR count). The topological polar surface area (TPSA) is 86.8 Å². The molecule has 0 aliphatic rings. The van der Waals surface area contributed by atoms with Gasteiger partial charge in [0.25, 0.3) is 0 Å². The molecule has 0 radical (unpaired) electrons. The van der Waals surface area contributed by atoms with E-state index in [9.17, 15) is 18.0 Å². The quantitative estimate of drug-likeness (QED) is 0.470. The van der Waals surface area contributed by atoms with Crippen molar-refractivity contribution in [2.45, 2.75) is 50.7 Å². The number of rotatable bonds is 10. The van der Waals surface area contributed by atoms with Gasteiger partial charge in [-0.1, -0.05) is 47.8 Å². The fourth-order valence-corrected chi connectivity index (χ4v) is 4.75. The Morgan fingerprint density at radius 2 is 1.59 bits per heavy atom. The van der Waals surface area contributed by atoms with E-state index in [1.54, 1.807) is 25.1 Å². The molecule has 34 heavy (non-hydrogen) atoms. The maximum absolute atomic E-state index is 13.3. The molecular weight excluding hydrogens is 521 g/mol. The van der Waals surface area contributed by atoms with E-state index in [0.29, 0.717) is 20.6 Å². The van der Waals surface area contributed by atoms with E-state index in [1.807, 2.05) is 13.8 Å². The molecule has 0 saturated carbocycles. The lowest BCUT2D eigenvalue weighted by atomic mass is 10.1. The molecule has 2 atom stereocenters. The highest BCUT2D eigenvalue weighted by atomic mass is 35.5. The minimum absolute atomic E-state index is 0.00123. The van der Waals surface area contributed by atoms with E-state index in [0.717, 1.165) is 10.7 Å². The molecule has 1 N–H and O–H groups in total. The maximum atomic E-state index is 13.3. The van der Waals surface area contributed by atoms with Crippen molar-refractivity contribution in [3.8, 4) is 0 Å². The van der Waals surface area contributed by atoms with Gasteiger partial charge in [0.15, 0.2) is 0 Å². The fourth-order valence-electron chi connectivity index (χ4n) is 3.03. The Morgan fingerprint density at radius 3 is 2.15 bits per heavy atom. The summed E-state index contributed by atoms with van der Waals surface area (Å²) in [6.07, 6.45) is 0.720. The molecular formula is C23H28Cl3N3O4S. The summed E-state index contributed by atoms with van der Waals surface area (Å²) in [5, 5.41) is 4.02. The molecule has 0 aliphatic heterocycles. The van der Waals surface area contributed by atoms with Crippen LogP contribution in [-0.2, 0) is 26.2 Å². The Kier molecular flexibility index (Phi) is 10.2. The van der Waals surface area contributed by atoms with E-state index in [-0.39, 0.29) is 23.4 Å². The third kappa shape index (κ3) is 7.33. The van der Waals surface area contributed by atoms with Gasteiger partial charge in [0, 0.05) is 34.7 Å². The number of nitrogens with one attached hydrogen (secondary N) is 1. The Morgan fingerprint density at radius 1 is 1.00 bits per heavy atom. The largest absolute Gasteiger partial charge is 0.352 e. The van der Waals surface area contributed by atoms with E-state index >= 15 is 0 Å². The van der Waals surface area contributed by atoms with Crippen LogP contribution >= 0.6 is 34.8 Å². The minimum Gasteiger partial charge on any atom is -0.352 e. The number of carbonyl (C=O) groups is 2. The van der Waals surface area contributed by atoms with Crippen LogP contribution in [0.4, 0.5) is 0 Å². The molecule has 0 heterocycles. The monoisotopic (exact) mass is 547 g/mol. The molecule has 7 nitrogen and oxygen atoms in total. The summed E-state index contributed by atoms with van der Waals surface area (Å²) in [5.41, 5.74) is 0.575. The van der Waals surface area contributed by atoms with Gasteiger partial charge in [-0.05, 0) is 62.2 Å². The summed E-state index contributed by atoms with van der Waals surface area (Å²) in [4.78, 5) is 27.4. The Bertz CT molecular complexity index is 1130. The lowest BCUT2D eigenvalue weighted by molar-refractivity contribution is -0.140. The SMILES string of the molecule is CC[C@@H](C)NC(=O)[C@@H](C)N(Cc1ccc(Cl)cc1Cl)C(=O)CN(C)S(=O)(=O)c1ccc(Cl)cc1. The lowest BCUT2D eigenvalue weighted by Crippen LogP contribution is -2.51. The van der Waals surface area contributed by atoms with Gasteiger partial charge in [-0.15, -0.1) is 0 Å². The zero-order valence-corrected chi connectivity index (χ0v) is 22.5. The molecule has 2 amide bonds. The van der Waals surface area contributed by atoms with Crippen molar-refractivity contribution in [1.82, 2.24) is 14.5 Å². The third-order valence-electron chi connectivity index (χ3n) is 5.40. The van der Waals surface area contributed by atoms with Crippen LogP contribution in [0.5, 0.6) is 0 Å². The van der Waals surface area contributed by atoms with Crippen molar-refractivity contribution in [3.63, 3.8) is 0 Å². The summed E-state index contributed by atoms with van der Waals surface area (Å²) in [6.45, 7) is 4.91. The lowest BCUT2D eigenvalue weighted by Gasteiger charge is -2.31. The predicted octanol–water partition coefficient (Wildman–Crippen LogP) is 4.60. The summed E-state index contributed by atoms with van der Waals surface area (Å²) in [7, 11) is -2.65. The zero-order chi connectivity index (χ0) is 25.6. The number of halogens is 3. The summed E-state index contributed by atoms with van der Waals surface area (Å²) in [5.74, 6) is -0.908. The van der Waals surface area contributed by atoms with Gasteiger partial charge in [0.1, 0.15) is 6.04 Å². The molecule has 0 spiro atoms. The Labute approximate surface area is 216 Å². The molecule has 0 bridgehead atoms. The van der Waals surface area contributed by atoms with Crippen molar-refractivity contribution in [2.75, 3.05) is 13.6 Å². The number of hydrogen-bond acceptors (Lipinski definition) is 4. The van der Waals surface area contributed by atoms with Gasteiger partial charge in [-0.3, -0.25) is 9.59 Å². The van der Waals surface area contributed by atoms with Crippen molar-refractivity contribution in [3.05, 3.63) is 63.1 Å².